The topological polar surface area (TPSA) is 35.5 Å². The summed E-state index contributed by atoms with van der Waals surface area (Å²) in [5, 5.41) is 0. The molecule has 17 heavy (non-hydrogen) atoms. The van der Waals surface area contributed by atoms with Crippen molar-refractivity contribution < 1.29 is 14.3 Å². The van der Waals surface area contributed by atoms with Gasteiger partial charge in [-0.15, -0.1) is 0 Å². The summed E-state index contributed by atoms with van der Waals surface area (Å²) < 4.78 is 10.6. The van der Waals surface area contributed by atoms with Gasteiger partial charge in [-0.3, -0.25) is 4.79 Å². The number of hydrogen-bond acceptors (Lipinski definition) is 3. The third kappa shape index (κ3) is 2.84. The lowest BCUT2D eigenvalue weighted by atomic mass is 10.1. The molecule has 0 radical (unpaired) electrons. The molecule has 0 N–H and O–H groups in total. The minimum Gasteiger partial charge on any atom is -0.454 e. The monoisotopic (exact) mass is 228 g/mol. The number of fused-ring (bicyclic) bond motifs is 1. The zero-order valence-electron chi connectivity index (χ0n) is 9.21. The van der Waals surface area contributed by atoms with Gasteiger partial charge in [0.15, 0.2) is 11.5 Å². The number of carbonyl (C=O) groups is 1. The van der Waals surface area contributed by atoms with Gasteiger partial charge in [0, 0.05) is 5.56 Å². The molecule has 1 heterocycles. The molecule has 2 rings (SSSR count). The molecule has 0 unspecified atom stereocenters. The number of aldehydes is 1. The molecule has 3 nitrogen and oxygen atoms in total. The van der Waals surface area contributed by atoms with E-state index in [9.17, 15) is 4.79 Å². The Morgan fingerprint density at radius 3 is 2.71 bits per heavy atom. The third-order valence-electron chi connectivity index (χ3n) is 2.23. The van der Waals surface area contributed by atoms with E-state index in [4.69, 9.17) is 9.47 Å². The molecule has 0 fully saturated rings. The Labute approximate surface area is 99.7 Å². The smallest absolute Gasteiger partial charge is 0.231 e. The van der Waals surface area contributed by atoms with E-state index in [1.165, 1.54) is 6.08 Å². The first-order valence-electron chi connectivity index (χ1n) is 5.25. The van der Waals surface area contributed by atoms with E-state index in [1.54, 1.807) is 12.2 Å². The maximum absolute atomic E-state index is 10.0. The molecule has 0 saturated heterocycles. The SMILES string of the molecule is O=CC=CC=CC=Cc1cccc2c1OCO2. The Kier molecular flexibility index (Phi) is 3.76. The molecule has 1 aromatic carbocycles. The van der Waals surface area contributed by atoms with Crippen molar-refractivity contribution in [2.45, 2.75) is 0 Å². The summed E-state index contributed by atoms with van der Waals surface area (Å²) in [6.07, 6.45) is 11.3. The normalized spacial score (nSPS) is 14.1. The number of rotatable bonds is 4. The maximum Gasteiger partial charge on any atom is 0.231 e. The number of ether oxygens (including phenoxy) is 2. The minimum atomic E-state index is 0.276. The summed E-state index contributed by atoms with van der Waals surface area (Å²) in [4.78, 5) is 10.0. The Hall–Kier alpha value is -2.29. The van der Waals surface area contributed by atoms with Crippen molar-refractivity contribution in [2.75, 3.05) is 6.79 Å². The highest BCUT2D eigenvalue weighted by atomic mass is 16.7. The Bertz CT molecular complexity index is 484. The first kappa shape index (κ1) is 11.2. The van der Waals surface area contributed by atoms with Crippen molar-refractivity contribution in [3.63, 3.8) is 0 Å². The summed E-state index contributed by atoms with van der Waals surface area (Å²) in [6, 6.07) is 5.75. The van der Waals surface area contributed by atoms with Crippen molar-refractivity contribution in [3.05, 3.63) is 54.1 Å². The lowest BCUT2D eigenvalue weighted by Crippen LogP contribution is -1.93. The van der Waals surface area contributed by atoms with Gasteiger partial charge in [0.05, 0.1) is 0 Å². The predicted octanol–water partition coefficient (Wildman–Crippen LogP) is 2.74. The van der Waals surface area contributed by atoms with E-state index in [0.29, 0.717) is 0 Å². The van der Waals surface area contributed by atoms with Crippen LogP contribution in [0.2, 0.25) is 0 Å². The molecule has 1 aliphatic heterocycles. The molecule has 0 aromatic heterocycles. The standard InChI is InChI=1S/C14H12O3/c15-10-5-3-1-2-4-7-12-8-6-9-13-14(12)17-11-16-13/h1-10H,11H2. The van der Waals surface area contributed by atoms with Crippen molar-refractivity contribution in [2.24, 2.45) is 0 Å². The summed E-state index contributed by atoms with van der Waals surface area (Å²) in [5.74, 6) is 1.55. The Morgan fingerprint density at radius 1 is 1.00 bits per heavy atom. The van der Waals surface area contributed by atoms with Crippen molar-refractivity contribution in [1.82, 2.24) is 0 Å². The summed E-state index contributed by atoms with van der Waals surface area (Å²) >= 11 is 0. The second-order valence-corrected chi connectivity index (χ2v) is 3.35. The highest BCUT2D eigenvalue weighted by Gasteiger charge is 2.14. The predicted molar refractivity (Wildman–Crippen MR) is 65.9 cm³/mol. The molecule has 1 aliphatic rings. The van der Waals surface area contributed by atoms with Gasteiger partial charge < -0.3 is 9.47 Å². The minimum absolute atomic E-state index is 0.276. The van der Waals surface area contributed by atoms with E-state index in [1.807, 2.05) is 36.4 Å². The van der Waals surface area contributed by atoms with Gasteiger partial charge in [-0.25, -0.2) is 0 Å². The van der Waals surface area contributed by atoms with Crippen LogP contribution < -0.4 is 9.47 Å². The molecular formula is C14H12O3. The van der Waals surface area contributed by atoms with Gasteiger partial charge >= 0.3 is 0 Å². The second kappa shape index (κ2) is 5.70. The zero-order chi connectivity index (χ0) is 11.9. The Morgan fingerprint density at radius 2 is 1.82 bits per heavy atom. The van der Waals surface area contributed by atoms with Crippen LogP contribution in [0.25, 0.3) is 6.08 Å². The lowest BCUT2D eigenvalue weighted by Gasteiger charge is -1.99. The highest BCUT2D eigenvalue weighted by molar-refractivity contribution is 5.65. The number of para-hydroxylation sites is 1. The molecule has 86 valence electrons. The summed E-state index contributed by atoms with van der Waals surface area (Å²) in [7, 11) is 0. The average molecular weight is 228 g/mol. The summed E-state index contributed by atoms with van der Waals surface area (Å²) in [5.41, 5.74) is 0.976. The van der Waals surface area contributed by atoms with E-state index in [2.05, 4.69) is 0 Å². The maximum atomic E-state index is 10.0. The molecule has 0 spiro atoms. The molecule has 0 saturated carbocycles. The van der Waals surface area contributed by atoms with E-state index in [-0.39, 0.29) is 6.79 Å². The van der Waals surface area contributed by atoms with Crippen LogP contribution in [-0.4, -0.2) is 13.1 Å². The molecular weight excluding hydrogens is 216 g/mol. The van der Waals surface area contributed by atoms with Gasteiger partial charge in [-0.05, 0) is 12.1 Å². The van der Waals surface area contributed by atoms with E-state index >= 15 is 0 Å². The fourth-order valence-corrected chi connectivity index (χ4v) is 1.48. The van der Waals surface area contributed by atoms with Crippen LogP contribution in [0, 0.1) is 0 Å². The van der Waals surface area contributed by atoms with Crippen LogP contribution in [-0.2, 0) is 4.79 Å². The number of benzene rings is 1. The molecule has 0 aliphatic carbocycles. The number of allylic oxidation sites excluding steroid dienone is 5. The van der Waals surface area contributed by atoms with Gasteiger partial charge in [-0.2, -0.15) is 0 Å². The lowest BCUT2D eigenvalue weighted by molar-refractivity contribution is -0.104. The molecule has 3 heteroatoms. The number of hydrogen-bond donors (Lipinski definition) is 0. The average Bonchev–Trinajstić information content (AvgIpc) is 2.82. The van der Waals surface area contributed by atoms with Crippen molar-refractivity contribution >= 4 is 12.4 Å². The van der Waals surface area contributed by atoms with Crippen LogP contribution in [0.1, 0.15) is 5.56 Å². The van der Waals surface area contributed by atoms with Crippen molar-refractivity contribution in [3.8, 4) is 11.5 Å². The van der Waals surface area contributed by atoms with E-state index in [0.717, 1.165) is 23.3 Å². The molecule has 0 atom stereocenters. The zero-order valence-corrected chi connectivity index (χ0v) is 9.21. The fourth-order valence-electron chi connectivity index (χ4n) is 1.48. The fraction of sp³-hybridized carbons (Fsp3) is 0.0714. The van der Waals surface area contributed by atoms with Crippen LogP contribution in [0.4, 0.5) is 0 Å². The largest absolute Gasteiger partial charge is 0.454 e. The van der Waals surface area contributed by atoms with Gasteiger partial charge in [0.25, 0.3) is 0 Å². The van der Waals surface area contributed by atoms with Crippen LogP contribution in [0.15, 0.2) is 48.6 Å². The van der Waals surface area contributed by atoms with Gasteiger partial charge in [0.1, 0.15) is 6.29 Å². The first-order chi connectivity index (χ1) is 8.42. The first-order valence-corrected chi connectivity index (χ1v) is 5.25. The third-order valence-corrected chi connectivity index (χ3v) is 2.23. The molecule has 1 aromatic rings. The van der Waals surface area contributed by atoms with Crippen LogP contribution in [0.3, 0.4) is 0 Å². The quantitative estimate of drug-likeness (QED) is 0.451. The highest BCUT2D eigenvalue weighted by Crippen LogP contribution is 2.35. The van der Waals surface area contributed by atoms with Gasteiger partial charge in [0.2, 0.25) is 6.79 Å². The summed E-state index contributed by atoms with van der Waals surface area (Å²) in [6.45, 7) is 0.276. The van der Waals surface area contributed by atoms with E-state index < -0.39 is 0 Å². The molecule has 0 bridgehead atoms. The molecule has 0 amide bonds. The second-order valence-electron chi connectivity index (χ2n) is 3.35. The van der Waals surface area contributed by atoms with Crippen LogP contribution >= 0.6 is 0 Å². The number of carbonyl (C=O) groups excluding carboxylic acids is 1. The Balaban J connectivity index is 2.06. The van der Waals surface area contributed by atoms with Crippen molar-refractivity contribution in [1.29, 1.82) is 0 Å². The van der Waals surface area contributed by atoms with Gasteiger partial charge in [-0.1, -0.05) is 42.5 Å². The van der Waals surface area contributed by atoms with Crippen LogP contribution in [0.5, 0.6) is 11.5 Å².